The number of rotatable bonds is 6. The van der Waals surface area contributed by atoms with Gasteiger partial charge < -0.3 is 4.74 Å². The highest BCUT2D eigenvalue weighted by atomic mass is 79.9. The molecule has 0 aliphatic rings. The Labute approximate surface area is 143 Å². The lowest BCUT2D eigenvalue weighted by molar-refractivity contribution is 0.104. The summed E-state index contributed by atoms with van der Waals surface area (Å²) < 4.78 is 6.22. The molecule has 0 unspecified atom stereocenters. The molecule has 0 saturated carbocycles. The third-order valence-corrected chi connectivity index (χ3v) is 3.64. The van der Waals surface area contributed by atoms with Crippen molar-refractivity contribution >= 4 is 27.8 Å². The fourth-order valence-electron chi connectivity index (χ4n) is 1.93. The lowest BCUT2D eigenvalue weighted by Crippen LogP contribution is -2.01. The number of nitriles is 1. The van der Waals surface area contributed by atoms with Crippen molar-refractivity contribution < 1.29 is 9.53 Å². The highest BCUT2D eigenvalue weighted by Gasteiger charge is 2.12. The zero-order valence-corrected chi connectivity index (χ0v) is 13.9. The van der Waals surface area contributed by atoms with Gasteiger partial charge in [0.25, 0.3) is 0 Å². The Balaban J connectivity index is 2.28. The standard InChI is InChI=1S/C19H14BrNO2/c1-2-10-23-18-9-8-14(12-17(18)20)11-16(13-21)19(22)15-6-4-3-5-7-15/h2-9,11-12H,1,10H2/b16-11+. The number of halogens is 1. The topological polar surface area (TPSA) is 50.1 Å². The van der Waals surface area contributed by atoms with Crippen molar-refractivity contribution in [2.45, 2.75) is 0 Å². The first-order valence-electron chi connectivity index (χ1n) is 6.90. The molecule has 0 amide bonds. The molecule has 0 atom stereocenters. The number of benzene rings is 2. The van der Waals surface area contributed by atoms with Gasteiger partial charge in [-0.15, -0.1) is 0 Å². The van der Waals surface area contributed by atoms with Crippen LogP contribution in [0.3, 0.4) is 0 Å². The third kappa shape index (κ3) is 4.41. The van der Waals surface area contributed by atoms with Crippen LogP contribution >= 0.6 is 15.9 Å². The molecule has 3 nitrogen and oxygen atoms in total. The number of ketones is 1. The highest BCUT2D eigenvalue weighted by molar-refractivity contribution is 9.10. The van der Waals surface area contributed by atoms with Crippen LogP contribution < -0.4 is 4.74 Å². The van der Waals surface area contributed by atoms with Crippen LogP contribution in [0.2, 0.25) is 0 Å². The van der Waals surface area contributed by atoms with Crippen molar-refractivity contribution in [2.75, 3.05) is 6.61 Å². The van der Waals surface area contributed by atoms with Gasteiger partial charge in [0.05, 0.1) is 4.47 Å². The molecule has 0 spiro atoms. The van der Waals surface area contributed by atoms with Gasteiger partial charge in [-0.3, -0.25) is 4.79 Å². The third-order valence-electron chi connectivity index (χ3n) is 3.02. The maximum Gasteiger partial charge on any atom is 0.203 e. The Bertz CT molecular complexity index is 789. The molecular formula is C19H14BrNO2. The van der Waals surface area contributed by atoms with E-state index in [1.165, 1.54) is 0 Å². The SMILES string of the molecule is C=CCOc1ccc(/C=C(\C#N)C(=O)c2ccccc2)cc1Br. The Kier molecular flexibility index (Phi) is 5.90. The van der Waals surface area contributed by atoms with E-state index in [1.807, 2.05) is 12.1 Å². The average Bonchev–Trinajstić information content (AvgIpc) is 2.59. The summed E-state index contributed by atoms with van der Waals surface area (Å²) in [5.74, 6) is 0.381. The van der Waals surface area contributed by atoms with Gasteiger partial charge in [0, 0.05) is 5.56 Å². The Morgan fingerprint density at radius 1 is 1.26 bits per heavy atom. The van der Waals surface area contributed by atoms with E-state index in [-0.39, 0.29) is 11.4 Å². The van der Waals surface area contributed by atoms with Crippen LogP contribution in [0.15, 0.2) is 71.2 Å². The van der Waals surface area contributed by atoms with Crippen molar-refractivity contribution in [3.63, 3.8) is 0 Å². The molecule has 0 aliphatic heterocycles. The van der Waals surface area contributed by atoms with Crippen molar-refractivity contribution in [1.82, 2.24) is 0 Å². The number of allylic oxidation sites excluding steroid dienone is 1. The Morgan fingerprint density at radius 3 is 2.61 bits per heavy atom. The number of Topliss-reactive ketones (excluding diaryl/α,β-unsaturated/α-hetero) is 1. The van der Waals surface area contributed by atoms with Crippen LogP contribution in [0.5, 0.6) is 5.75 Å². The first-order valence-corrected chi connectivity index (χ1v) is 7.70. The first-order chi connectivity index (χ1) is 11.2. The molecule has 0 bridgehead atoms. The lowest BCUT2D eigenvalue weighted by Gasteiger charge is -2.06. The lowest BCUT2D eigenvalue weighted by atomic mass is 10.0. The van der Waals surface area contributed by atoms with Gasteiger partial charge in [-0.2, -0.15) is 5.26 Å². The second-order valence-corrected chi connectivity index (χ2v) is 5.51. The molecule has 0 aromatic heterocycles. The molecular weight excluding hydrogens is 354 g/mol. The minimum atomic E-state index is -0.295. The van der Waals surface area contributed by atoms with Crippen molar-refractivity contribution in [3.05, 3.63) is 82.4 Å². The van der Waals surface area contributed by atoms with E-state index in [1.54, 1.807) is 54.6 Å². The number of hydrogen-bond acceptors (Lipinski definition) is 3. The summed E-state index contributed by atoms with van der Waals surface area (Å²) in [5, 5.41) is 9.27. The largest absolute Gasteiger partial charge is 0.488 e. The molecule has 0 N–H and O–H groups in total. The molecule has 2 aromatic carbocycles. The highest BCUT2D eigenvalue weighted by Crippen LogP contribution is 2.27. The van der Waals surface area contributed by atoms with Crippen LogP contribution in [0, 0.1) is 11.3 Å². The number of carbonyl (C=O) groups is 1. The van der Waals surface area contributed by atoms with Crippen molar-refractivity contribution in [2.24, 2.45) is 0 Å². The van der Waals surface area contributed by atoms with E-state index in [0.29, 0.717) is 17.9 Å². The molecule has 2 aromatic rings. The summed E-state index contributed by atoms with van der Waals surface area (Å²) in [6.07, 6.45) is 3.23. The Morgan fingerprint density at radius 2 is 2.00 bits per heavy atom. The van der Waals surface area contributed by atoms with E-state index >= 15 is 0 Å². The number of ether oxygens (including phenoxy) is 1. The Hall–Kier alpha value is -2.64. The summed E-state index contributed by atoms with van der Waals surface area (Å²) >= 11 is 3.41. The summed E-state index contributed by atoms with van der Waals surface area (Å²) in [7, 11) is 0. The van der Waals surface area contributed by atoms with Gasteiger partial charge in [-0.05, 0) is 39.7 Å². The zero-order chi connectivity index (χ0) is 16.7. The molecule has 0 aliphatic carbocycles. The second kappa shape index (κ2) is 8.11. The van der Waals surface area contributed by atoms with Crippen LogP contribution in [0.1, 0.15) is 15.9 Å². The maximum absolute atomic E-state index is 12.3. The van der Waals surface area contributed by atoms with Gasteiger partial charge in [-0.1, -0.05) is 49.1 Å². The number of hydrogen-bond donors (Lipinski definition) is 0. The summed E-state index contributed by atoms with van der Waals surface area (Å²) in [4.78, 5) is 12.3. The molecule has 114 valence electrons. The average molecular weight is 368 g/mol. The van der Waals surface area contributed by atoms with E-state index in [2.05, 4.69) is 22.5 Å². The number of carbonyl (C=O) groups excluding carboxylic acids is 1. The van der Waals surface area contributed by atoms with E-state index in [4.69, 9.17) is 4.74 Å². The monoisotopic (exact) mass is 367 g/mol. The van der Waals surface area contributed by atoms with E-state index in [9.17, 15) is 10.1 Å². The van der Waals surface area contributed by atoms with Crippen LogP contribution in [-0.4, -0.2) is 12.4 Å². The summed E-state index contributed by atoms with van der Waals surface area (Å²) in [5.41, 5.74) is 1.32. The number of nitrogens with zero attached hydrogens (tertiary/aromatic N) is 1. The molecule has 0 fully saturated rings. The van der Waals surface area contributed by atoms with Crippen LogP contribution in [0.25, 0.3) is 6.08 Å². The smallest absolute Gasteiger partial charge is 0.203 e. The van der Waals surface area contributed by atoms with Gasteiger partial charge in [0.1, 0.15) is 24.0 Å². The quantitative estimate of drug-likeness (QED) is 0.318. The van der Waals surface area contributed by atoms with Gasteiger partial charge in [0.15, 0.2) is 0 Å². The summed E-state index contributed by atoms with van der Waals surface area (Å²) in [6, 6.07) is 16.1. The van der Waals surface area contributed by atoms with Gasteiger partial charge in [-0.25, -0.2) is 0 Å². The van der Waals surface area contributed by atoms with Gasteiger partial charge >= 0.3 is 0 Å². The fraction of sp³-hybridized carbons (Fsp3) is 0.0526. The predicted octanol–water partition coefficient (Wildman–Crippen LogP) is 4.80. The molecule has 2 rings (SSSR count). The maximum atomic E-state index is 12.3. The predicted molar refractivity (Wildman–Crippen MR) is 94.2 cm³/mol. The molecule has 0 saturated heterocycles. The molecule has 0 heterocycles. The van der Waals surface area contributed by atoms with Crippen LogP contribution in [0.4, 0.5) is 0 Å². The molecule has 23 heavy (non-hydrogen) atoms. The minimum absolute atomic E-state index is 0.0860. The molecule has 4 heteroatoms. The van der Waals surface area contributed by atoms with E-state index < -0.39 is 0 Å². The van der Waals surface area contributed by atoms with Crippen LogP contribution in [-0.2, 0) is 0 Å². The molecule has 0 radical (unpaired) electrons. The zero-order valence-electron chi connectivity index (χ0n) is 12.3. The first kappa shape index (κ1) is 16.7. The van der Waals surface area contributed by atoms with Gasteiger partial charge in [0.2, 0.25) is 5.78 Å². The second-order valence-electron chi connectivity index (χ2n) is 4.65. The van der Waals surface area contributed by atoms with Crippen molar-refractivity contribution in [3.8, 4) is 11.8 Å². The normalized spacial score (nSPS) is 10.7. The van der Waals surface area contributed by atoms with Crippen molar-refractivity contribution in [1.29, 1.82) is 5.26 Å². The van der Waals surface area contributed by atoms with E-state index in [0.717, 1.165) is 10.0 Å². The minimum Gasteiger partial charge on any atom is -0.488 e. The fourth-order valence-corrected chi connectivity index (χ4v) is 2.44. The summed E-state index contributed by atoms with van der Waals surface area (Å²) in [6.45, 7) is 4.00.